The van der Waals surface area contributed by atoms with E-state index in [-0.39, 0.29) is 5.82 Å². The molecule has 1 fully saturated rings. The van der Waals surface area contributed by atoms with Gasteiger partial charge in [-0.05, 0) is 54.4 Å². The van der Waals surface area contributed by atoms with Gasteiger partial charge in [0, 0.05) is 54.1 Å². The number of halogens is 1. The molecule has 0 unspecified atom stereocenters. The smallest absolute Gasteiger partial charge is 0.229 e. The van der Waals surface area contributed by atoms with E-state index in [0.29, 0.717) is 24.9 Å². The fourth-order valence-corrected chi connectivity index (χ4v) is 4.61. The molecule has 2 aromatic heterocycles. The Balaban J connectivity index is 1.43. The number of anilines is 3. The van der Waals surface area contributed by atoms with Gasteiger partial charge in [-0.15, -0.1) is 0 Å². The molecule has 33 heavy (non-hydrogen) atoms. The number of nitrogens with one attached hydrogen (secondary N) is 3. The number of nitrogens with zero attached hydrogens (tertiary/aromatic N) is 3. The molecule has 0 aliphatic carbocycles. The van der Waals surface area contributed by atoms with Crippen molar-refractivity contribution in [3.8, 4) is 11.3 Å². The minimum absolute atomic E-state index is 0.303. The number of rotatable bonds is 4. The van der Waals surface area contributed by atoms with Gasteiger partial charge in [-0.3, -0.25) is 0 Å². The molecule has 0 radical (unpaired) electrons. The first-order valence-corrected chi connectivity index (χ1v) is 11.3. The highest BCUT2D eigenvalue weighted by Gasteiger charge is 2.18. The van der Waals surface area contributed by atoms with Crippen LogP contribution in [0.25, 0.3) is 22.2 Å². The lowest BCUT2D eigenvalue weighted by molar-refractivity contribution is 0.122. The van der Waals surface area contributed by atoms with E-state index in [0.717, 1.165) is 60.6 Å². The van der Waals surface area contributed by atoms with Crippen molar-refractivity contribution in [2.45, 2.75) is 13.0 Å². The summed E-state index contributed by atoms with van der Waals surface area (Å²) < 4.78 is 19.9. The van der Waals surface area contributed by atoms with Crippen LogP contribution in [0.2, 0.25) is 0 Å². The Bertz CT molecular complexity index is 1310. The van der Waals surface area contributed by atoms with Crippen molar-refractivity contribution in [1.29, 1.82) is 0 Å². The Kier molecular flexibility index (Phi) is 5.16. The Morgan fingerprint density at radius 2 is 1.91 bits per heavy atom. The zero-order valence-electron chi connectivity index (χ0n) is 18.2. The molecule has 2 aliphatic rings. The SMILES string of the molecule is Fc1cc(-c2cc(N3CCOCC3)nc(Nc3ccc4c(c3)CNCC4)n2)c2cc[nH]c2c1. The molecular formula is C25H25FN6O. The average molecular weight is 445 g/mol. The first-order valence-electron chi connectivity index (χ1n) is 11.3. The largest absolute Gasteiger partial charge is 0.378 e. The van der Waals surface area contributed by atoms with Gasteiger partial charge < -0.3 is 25.3 Å². The van der Waals surface area contributed by atoms with Gasteiger partial charge in [-0.2, -0.15) is 4.98 Å². The third kappa shape index (κ3) is 4.03. The second kappa shape index (κ2) is 8.46. The van der Waals surface area contributed by atoms with Crippen LogP contribution in [0, 0.1) is 5.82 Å². The molecule has 8 heteroatoms. The summed E-state index contributed by atoms with van der Waals surface area (Å²) in [6.07, 6.45) is 2.85. The van der Waals surface area contributed by atoms with Gasteiger partial charge in [0.25, 0.3) is 0 Å². The molecule has 0 spiro atoms. The lowest BCUT2D eigenvalue weighted by Crippen LogP contribution is -2.36. The maximum Gasteiger partial charge on any atom is 0.229 e. The van der Waals surface area contributed by atoms with Crippen LogP contribution in [0.3, 0.4) is 0 Å². The average Bonchev–Trinajstić information content (AvgIpc) is 3.32. The summed E-state index contributed by atoms with van der Waals surface area (Å²) in [4.78, 5) is 14.9. The maximum absolute atomic E-state index is 14.4. The standard InChI is InChI=1S/C25H25FN6O/c26-18-12-21(20-4-6-28-22(20)13-18)23-14-24(32-7-9-33-10-8-32)31-25(30-23)29-19-2-1-16-3-5-27-15-17(16)11-19/h1-2,4,6,11-14,27-28H,3,5,7-10,15H2,(H,29,30,31). The first kappa shape index (κ1) is 20.1. The van der Waals surface area contributed by atoms with Crippen LogP contribution in [0.4, 0.5) is 21.8 Å². The third-order valence-electron chi connectivity index (χ3n) is 6.31. The zero-order valence-corrected chi connectivity index (χ0v) is 18.2. The van der Waals surface area contributed by atoms with Crippen molar-refractivity contribution in [2.24, 2.45) is 0 Å². The molecule has 0 atom stereocenters. The molecule has 0 amide bonds. The van der Waals surface area contributed by atoms with E-state index >= 15 is 0 Å². The highest BCUT2D eigenvalue weighted by atomic mass is 19.1. The van der Waals surface area contributed by atoms with Crippen LogP contribution >= 0.6 is 0 Å². The second-order valence-electron chi connectivity index (χ2n) is 8.46. The monoisotopic (exact) mass is 444 g/mol. The molecule has 2 aromatic carbocycles. The quantitative estimate of drug-likeness (QED) is 0.442. The van der Waals surface area contributed by atoms with Crippen molar-refractivity contribution in [3.05, 3.63) is 65.6 Å². The van der Waals surface area contributed by atoms with E-state index in [2.05, 4.69) is 38.7 Å². The van der Waals surface area contributed by atoms with E-state index in [1.54, 1.807) is 0 Å². The van der Waals surface area contributed by atoms with Gasteiger partial charge in [0.05, 0.1) is 18.9 Å². The summed E-state index contributed by atoms with van der Waals surface area (Å²) in [6, 6.07) is 13.3. The topological polar surface area (TPSA) is 78.1 Å². The summed E-state index contributed by atoms with van der Waals surface area (Å²) in [5.41, 5.74) is 5.76. The molecule has 0 bridgehead atoms. The molecule has 6 rings (SSSR count). The Labute approximate surface area is 191 Å². The lowest BCUT2D eigenvalue weighted by Gasteiger charge is -2.28. The van der Waals surface area contributed by atoms with Crippen molar-refractivity contribution in [2.75, 3.05) is 43.1 Å². The summed E-state index contributed by atoms with van der Waals surface area (Å²) >= 11 is 0. The van der Waals surface area contributed by atoms with Crippen LogP contribution in [0.5, 0.6) is 0 Å². The molecule has 3 N–H and O–H groups in total. The number of benzene rings is 2. The normalized spacial score (nSPS) is 16.1. The number of ether oxygens (including phenoxy) is 1. The number of morpholine rings is 1. The van der Waals surface area contributed by atoms with E-state index in [1.807, 2.05) is 18.3 Å². The fourth-order valence-electron chi connectivity index (χ4n) is 4.61. The van der Waals surface area contributed by atoms with E-state index in [9.17, 15) is 4.39 Å². The summed E-state index contributed by atoms with van der Waals surface area (Å²) in [5.74, 6) is 0.993. The summed E-state index contributed by atoms with van der Waals surface area (Å²) in [5, 5.41) is 7.73. The number of aromatic amines is 1. The van der Waals surface area contributed by atoms with E-state index in [4.69, 9.17) is 14.7 Å². The molecule has 2 aliphatic heterocycles. The number of H-pyrrole nitrogens is 1. The minimum atomic E-state index is -0.303. The lowest BCUT2D eigenvalue weighted by atomic mass is 10.0. The van der Waals surface area contributed by atoms with Crippen LogP contribution in [-0.4, -0.2) is 47.8 Å². The zero-order chi connectivity index (χ0) is 22.2. The van der Waals surface area contributed by atoms with Gasteiger partial charge in [0.2, 0.25) is 5.95 Å². The number of aromatic nitrogens is 3. The second-order valence-corrected chi connectivity index (χ2v) is 8.46. The van der Waals surface area contributed by atoms with Crippen molar-refractivity contribution < 1.29 is 9.13 Å². The molecule has 4 aromatic rings. The summed E-state index contributed by atoms with van der Waals surface area (Å²) in [6.45, 7) is 4.69. The van der Waals surface area contributed by atoms with Crippen LogP contribution < -0.4 is 15.5 Å². The molecule has 7 nitrogen and oxygen atoms in total. The Hall–Kier alpha value is -3.49. The maximum atomic E-state index is 14.4. The van der Waals surface area contributed by atoms with Crippen LogP contribution in [0.1, 0.15) is 11.1 Å². The van der Waals surface area contributed by atoms with Crippen LogP contribution in [-0.2, 0) is 17.7 Å². The van der Waals surface area contributed by atoms with Gasteiger partial charge in [0.15, 0.2) is 0 Å². The number of hydrogen-bond donors (Lipinski definition) is 3. The van der Waals surface area contributed by atoms with Gasteiger partial charge in [0.1, 0.15) is 11.6 Å². The number of hydrogen-bond acceptors (Lipinski definition) is 6. The van der Waals surface area contributed by atoms with Crippen molar-refractivity contribution in [1.82, 2.24) is 20.3 Å². The van der Waals surface area contributed by atoms with E-state index < -0.39 is 0 Å². The van der Waals surface area contributed by atoms with Crippen molar-refractivity contribution in [3.63, 3.8) is 0 Å². The molecule has 168 valence electrons. The third-order valence-corrected chi connectivity index (χ3v) is 6.31. The highest BCUT2D eigenvalue weighted by Crippen LogP contribution is 2.32. The highest BCUT2D eigenvalue weighted by molar-refractivity contribution is 5.94. The first-order chi connectivity index (χ1) is 16.2. The van der Waals surface area contributed by atoms with Gasteiger partial charge in [-0.1, -0.05) is 6.07 Å². The summed E-state index contributed by atoms with van der Waals surface area (Å²) in [7, 11) is 0. The van der Waals surface area contributed by atoms with Gasteiger partial charge in [-0.25, -0.2) is 9.37 Å². The van der Waals surface area contributed by atoms with Crippen LogP contribution in [0.15, 0.2) is 48.7 Å². The van der Waals surface area contributed by atoms with Crippen molar-refractivity contribution >= 4 is 28.4 Å². The predicted molar refractivity (Wildman–Crippen MR) is 127 cm³/mol. The molecule has 4 heterocycles. The number of fused-ring (bicyclic) bond motifs is 2. The fraction of sp³-hybridized carbons (Fsp3) is 0.280. The Morgan fingerprint density at radius 1 is 1.00 bits per heavy atom. The minimum Gasteiger partial charge on any atom is -0.378 e. The molecule has 1 saturated heterocycles. The molecular weight excluding hydrogens is 419 g/mol. The molecule has 0 saturated carbocycles. The van der Waals surface area contributed by atoms with Gasteiger partial charge >= 0.3 is 0 Å². The predicted octanol–water partition coefficient (Wildman–Crippen LogP) is 3.99. The van der Waals surface area contributed by atoms with E-state index in [1.165, 1.54) is 23.3 Å². The Morgan fingerprint density at radius 3 is 2.82 bits per heavy atom.